The van der Waals surface area contributed by atoms with E-state index in [1.165, 1.54) is 5.69 Å². The molecule has 0 unspecified atom stereocenters. The Bertz CT molecular complexity index is 635. The van der Waals surface area contributed by atoms with Gasteiger partial charge in [-0.2, -0.15) is 0 Å². The van der Waals surface area contributed by atoms with E-state index in [-0.39, 0.29) is 0 Å². The zero-order valence-electron chi connectivity index (χ0n) is 12.1. The number of hydrogen-bond acceptors (Lipinski definition) is 2. The van der Waals surface area contributed by atoms with E-state index in [0.29, 0.717) is 5.02 Å². The summed E-state index contributed by atoms with van der Waals surface area (Å²) in [5, 5.41) is 2.20. The number of piperazine rings is 1. The summed E-state index contributed by atoms with van der Waals surface area (Å²) in [4.78, 5) is 4.80. The molecule has 22 heavy (non-hydrogen) atoms. The molecule has 0 amide bonds. The van der Waals surface area contributed by atoms with Crippen molar-refractivity contribution < 1.29 is 0 Å². The number of hydrogen-bond donors (Lipinski definition) is 0. The molecule has 0 atom stereocenters. The predicted molar refractivity (Wildman–Crippen MR) is 95.4 cm³/mol. The summed E-state index contributed by atoms with van der Waals surface area (Å²) in [6.07, 6.45) is 0. The van der Waals surface area contributed by atoms with Crippen LogP contribution in [0.4, 0.5) is 5.69 Å². The standard InChI is InChI=1S/C17H17Cl3N2/c18-14-3-5-16(6-4-14)22-9-7-21(8-10-22)12-13-1-2-15(19)11-17(13)20/h1-6,11H,7-10,12H2. The normalized spacial score (nSPS) is 16.0. The maximum absolute atomic E-state index is 6.25. The van der Waals surface area contributed by atoms with Crippen molar-refractivity contribution in [2.45, 2.75) is 6.54 Å². The minimum absolute atomic E-state index is 0.682. The molecule has 3 rings (SSSR count). The molecule has 1 aliphatic heterocycles. The van der Waals surface area contributed by atoms with E-state index in [9.17, 15) is 0 Å². The van der Waals surface area contributed by atoms with Crippen LogP contribution in [0, 0.1) is 0 Å². The van der Waals surface area contributed by atoms with E-state index >= 15 is 0 Å². The fourth-order valence-electron chi connectivity index (χ4n) is 2.71. The van der Waals surface area contributed by atoms with Gasteiger partial charge in [0.15, 0.2) is 0 Å². The van der Waals surface area contributed by atoms with Crippen LogP contribution in [-0.2, 0) is 6.54 Å². The van der Waals surface area contributed by atoms with Crippen LogP contribution in [0.1, 0.15) is 5.56 Å². The van der Waals surface area contributed by atoms with Crippen LogP contribution in [0.15, 0.2) is 42.5 Å². The summed E-state index contributed by atoms with van der Waals surface area (Å²) in [6, 6.07) is 13.8. The molecule has 116 valence electrons. The Labute approximate surface area is 146 Å². The zero-order chi connectivity index (χ0) is 15.5. The Morgan fingerprint density at radius 3 is 2.05 bits per heavy atom. The summed E-state index contributed by atoms with van der Waals surface area (Å²) < 4.78 is 0. The van der Waals surface area contributed by atoms with Crippen molar-refractivity contribution in [3.63, 3.8) is 0 Å². The lowest BCUT2D eigenvalue weighted by Gasteiger charge is -2.36. The summed E-state index contributed by atoms with van der Waals surface area (Å²) in [7, 11) is 0. The number of benzene rings is 2. The second-order valence-electron chi connectivity index (χ2n) is 5.48. The van der Waals surface area contributed by atoms with E-state index < -0.39 is 0 Å². The van der Waals surface area contributed by atoms with E-state index in [1.807, 2.05) is 30.3 Å². The zero-order valence-corrected chi connectivity index (χ0v) is 14.4. The van der Waals surface area contributed by atoms with Crippen molar-refractivity contribution in [3.05, 3.63) is 63.1 Å². The predicted octanol–water partition coefficient (Wildman–Crippen LogP) is 4.97. The molecule has 0 aliphatic carbocycles. The maximum Gasteiger partial charge on any atom is 0.0465 e. The fraction of sp³-hybridized carbons (Fsp3) is 0.294. The molecule has 1 aliphatic rings. The lowest BCUT2D eigenvalue weighted by molar-refractivity contribution is 0.250. The molecule has 0 aromatic heterocycles. The van der Waals surface area contributed by atoms with Gasteiger partial charge in [0.2, 0.25) is 0 Å². The summed E-state index contributed by atoms with van der Waals surface area (Å²) in [5.41, 5.74) is 2.36. The van der Waals surface area contributed by atoms with E-state index in [2.05, 4.69) is 21.9 Å². The van der Waals surface area contributed by atoms with Gasteiger partial charge in [-0.15, -0.1) is 0 Å². The molecule has 0 saturated carbocycles. The molecular formula is C17H17Cl3N2. The number of anilines is 1. The van der Waals surface area contributed by atoms with Gasteiger partial charge in [0, 0.05) is 53.5 Å². The first-order chi connectivity index (χ1) is 10.6. The van der Waals surface area contributed by atoms with Crippen molar-refractivity contribution in [1.82, 2.24) is 4.90 Å². The van der Waals surface area contributed by atoms with Gasteiger partial charge in [-0.1, -0.05) is 40.9 Å². The molecule has 1 heterocycles. The minimum atomic E-state index is 0.682. The van der Waals surface area contributed by atoms with E-state index in [1.54, 1.807) is 0 Å². The molecule has 1 saturated heterocycles. The quantitative estimate of drug-likeness (QED) is 0.767. The van der Waals surface area contributed by atoms with Crippen molar-refractivity contribution in [1.29, 1.82) is 0 Å². The maximum atomic E-state index is 6.25. The molecule has 0 bridgehead atoms. The highest BCUT2D eigenvalue weighted by atomic mass is 35.5. The van der Waals surface area contributed by atoms with Crippen molar-refractivity contribution in [3.8, 4) is 0 Å². The first-order valence-corrected chi connectivity index (χ1v) is 8.42. The summed E-state index contributed by atoms with van der Waals surface area (Å²) >= 11 is 18.1. The topological polar surface area (TPSA) is 6.48 Å². The second-order valence-corrected chi connectivity index (χ2v) is 6.76. The molecule has 2 aromatic carbocycles. The fourth-order valence-corrected chi connectivity index (χ4v) is 3.30. The first kappa shape index (κ1) is 15.9. The van der Waals surface area contributed by atoms with Gasteiger partial charge in [0.1, 0.15) is 0 Å². The molecule has 0 radical (unpaired) electrons. The van der Waals surface area contributed by atoms with Crippen LogP contribution < -0.4 is 4.90 Å². The largest absolute Gasteiger partial charge is 0.369 e. The SMILES string of the molecule is Clc1ccc(N2CCN(Cc3ccc(Cl)cc3Cl)CC2)cc1. The van der Waals surface area contributed by atoms with Gasteiger partial charge < -0.3 is 4.90 Å². The van der Waals surface area contributed by atoms with Gasteiger partial charge in [0.25, 0.3) is 0 Å². The van der Waals surface area contributed by atoms with Crippen molar-refractivity contribution in [2.24, 2.45) is 0 Å². The number of halogens is 3. The lowest BCUT2D eigenvalue weighted by Crippen LogP contribution is -2.46. The number of nitrogens with zero attached hydrogens (tertiary/aromatic N) is 2. The molecule has 1 fully saturated rings. The highest BCUT2D eigenvalue weighted by molar-refractivity contribution is 6.35. The molecule has 5 heteroatoms. The molecule has 0 spiro atoms. The van der Waals surface area contributed by atoms with Crippen LogP contribution >= 0.6 is 34.8 Å². The molecular weight excluding hydrogens is 339 g/mol. The van der Waals surface area contributed by atoms with Crippen LogP contribution in [0.2, 0.25) is 15.1 Å². The third-order valence-corrected chi connectivity index (χ3v) is 4.81. The highest BCUT2D eigenvalue weighted by Gasteiger charge is 2.18. The van der Waals surface area contributed by atoms with Crippen LogP contribution in [0.25, 0.3) is 0 Å². The summed E-state index contributed by atoms with van der Waals surface area (Å²) in [5.74, 6) is 0. The monoisotopic (exact) mass is 354 g/mol. The van der Waals surface area contributed by atoms with Gasteiger partial charge >= 0.3 is 0 Å². The Morgan fingerprint density at radius 1 is 0.773 bits per heavy atom. The highest BCUT2D eigenvalue weighted by Crippen LogP contribution is 2.24. The van der Waals surface area contributed by atoms with Gasteiger partial charge in [-0.05, 0) is 42.0 Å². The molecule has 2 aromatic rings. The minimum Gasteiger partial charge on any atom is -0.369 e. The third kappa shape index (κ3) is 3.88. The van der Waals surface area contributed by atoms with Crippen molar-refractivity contribution >= 4 is 40.5 Å². The molecule has 2 nitrogen and oxygen atoms in total. The van der Waals surface area contributed by atoms with Gasteiger partial charge in [-0.25, -0.2) is 0 Å². The van der Waals surface area contributed by atoms with E-state index in [4.69, 9.17) is 34.8 Å². The Kier molecular flexibility index (Phi) is 5.14. The van der Waals surface area contributed by atoms with Crippen molar-refractivity contribution in [2.75, 3.05) is 31.1 Å². The average Bonchev–Trinajstić information content (AvgIpc) is 2.52. The molecule has 0 N–H and O–H groups in total. The Hall–Kier alpha value is -0.930. The van der Waals surface area contributed by atoms with Gasteiger partial charge in [-0.3, -0.25) is 4.90 Å². The summed E-state index contributed by atoms with van der Waals surface area (Å²) in [6.45, 7) is 4.91. The van der Waals surface area contributed by atoms with Crippen LogP contribution in [0.3, 0.4) is 0 Å². The Morgan fingerprint density at radius 2 is 1.41 bits per heavy atom. The second kappa shape index (κ2) is 7.10. The first-order valence-electron chi connectivity index (χ1n) is 7.28. The van der Waals surface area contributed by atoms with Crippen LogP contribution in [0.5, 0.6) is 0 Å². The van der Waals surface area contributed by atoms with Gasteiger partial charge in [0.05, 0.1) is 0 Å². The third-order valence-electron chi connectivity index (χ3n) is 3.97. The average molecular weight is 356 g/mol. The number of rotatable bonds is 3. The lowest BCUT2D eigenvalue weighted by atomic mass is 10.2. The smallest absolute Gasteiger partial charge is 0.0465 e. The van der Waals surface area contributed by atoms with Crippen LogP contribution in [-0.4, -0.2) is 31.1 Å². The van der Waals surface area contributed by atoms with E-state index in [0.717, 1.165) is 48.3 Å². The Balaban J connectivity index is 1.58.